The van der Waals surface area contributed by atoms with Gasteiger partial charge in [0.2, 0.25) is 0 Å². The second-order valence-corrected chi connectivity index (χ2v) is 4.76. The molecule has 4 heteroatoms. The number of carbonyl (C=O) groups excluding carboxylic acids is 1. The number of rotatable bonds is 7. The molecule has 0 aliphatic rings. The summed E-state index contributed by atoms with van der Waals surface area (Å²) in [6.07, 6.45) is 1.22. The van der Waals surface area contributed by atoms with Crippen LogP contribution in [0.5, 0.6) is 0 Å². The van der Waals surface area contributed by atoms with Crippen LogP contribution in [0.4, 0.5) is 5.69 Å². The Kier molecular flexibility index (Phi) is 6.36. The lowest BCUT2D eigenvalue weighted by atomic mass is 10.0. The average molecular weight is 264 g/mol. The number of hydrogen-bond acceptors (Lipinski definition) is 4. The van der Waals surface area contributed by atoms with E-state index < -0.39 is 0 Å². The second-order valence-electron chi connectivity index (χ2n) is 4.76. The molecular weight excluding hydrogens is 240 g/mol. The second kappa shape index (κ2) is 7.79. The van der Waals surface area contributed by atoms with E-state index >= 15 is 0 Å². The summed E-state index contributed by atoms with van der Waals surface area (Å²) < 4.78 is 4.98. The first-order valence-corrected chi connectivity index (χ1v) is 6.66. The molecule has 1 aromatic rings. The van der Waals surface area contributed by atoms with Crippen LogP contribution >= 0.6 is 0 Å². The van der Waals surface area contributed by atoms with Gasteiger partial charge in [-0.1, -0.05) is 12.1 Å². The number of benzene rings is 1. The summed E-state index contributed by atoms with van der Waals surface area (Å²) >= 11 is 0. The third-order valence-electron chi connectivity index (χ3n) is 3.06. The van der Waals surface area contributed by atoms with Gasteiger partial charge in [-0.3, -0.25) is 4.79 Å². The number of nitrogens with zero attached hydrogens (tertiary/aromatic N) is 1. The van der Waals surface area contributed by atoms with Crippen LogP contribution in [0.3, 0.4) is 0 Å². The van der Waals surface area contributed by atoms with E-state index in [0.29, 0.717) is 13.0 Å². The fourth-order valence-corrected chi connectivity index (χ4v) is 1.91. The quantitative estimate of drug-likeness (QED) is 0.763. The van der Waals surface area contributed by atoms with Crippen LogP contribution in [-0.2, 0) is 16.0 Å². The van der Waals surface area contributed by atoms with Crippen LogP contribution in [0.1, 0.15) is 18.9 Å². The van der Waals surface area contributed by atoms with Crippen molar-refractivity contribution in [3.63, 3.8) is 0 Å². The standard InChI is InChI=1S/C15H24N2O2/c1-5-19-15(18)11-13(16-2)10-12-6-8-14(9-7-12)17(3)4/h6-9,13,16H,5,10-11H2,1-4H3. The van der Waals surface area contributed by atoms with Gasteiger partial charge in [0.05, 0.1) is 13.0 Å². The van der Waals surface area contributed by atoms with Crippen molar-refractivity contribution in [2.24, 2.45) is 0 Å². The maximum Gasteiger partial charge on any atom is 0.307 e. The summed E-state index contributed by atoms with van der Waals surface area (Å²) in [5, 5.41) is 3.17. The van der Waals surface area contributed by atoms with Gasteiger partial charge in [0.1, 0.15) is 0 Å². The normalized spacial score (nSPS) is 12.0. The molecule has 0 radical (unpaired) electrons. The van der Waals surface area contributed by atoms with E-state index in [2.05, 4.69) is 34.5 Å². The third-order valence-corrected chi connectivity index (χ3v) is 3.06. The van der Waals surface area contributed by atoms with Crippen molar-refractivity contribution >= 4 is 11.7 Å². The van der Waals surface area contributed by atoms with Crippen molar-refractivity contribution in [2.45, 2.75) is 25.8 Å². The lowest BCUT2D eigenvalue weighted by molar-refractivity contribution is -0.143. The Bertz CT molecular complexity index is 388. The summed E-state index contributed by atoms with van der Waals surface area (Å²) in [5.41, 5.74) is 2.39. The zero-order valence-electron chi connectivity index (χ0n) is 12.3. The Labute approximate surface area is 115 Å². The predicted octanol–water partition coefficient (Wildman–Crippen LogP) is 1.84. The van der Waals surface area contributed by atoms with E-state index in [0.717, 1.165) is 6.42 Å². The predicted molar refractivity (Wildman–Crippen MR) is 78.6 cm³/mol. The zero-order valence-corrected chi connectivity index (χ0v) is 12.3. The third kappa shape index (κ3) is 5.30. The van der Waals surface area contributed by atoms with Gasteiger partial charge < -0.3 is 15.0 Å². The molecule has 0 amide bonds. The Morgan fingerprint density at radius 3 is 2.42 bits per heavy atom. The summed E-state index contributed by atoms with van der Waals surface area (Å²) in [5.74, 6) is -0.147. The first-order chi connectivity index (χ1) is 9.06. The molecule has 0 saturated heterocycles. The molecule has 0 bridgehead atoms. The molecule has 0 aliphatic heterocycles. The monoisotopic (exact) mass is 264 g/mol. The van der Waals surface area contributed by atoms with Crippen LogP contribution in [0.15, 0.2) is 24.3 Å². The SMILES string of the molecule is CCOC(=O)CC(Cc1ccc(N(C)C)cc1)NC. The van der Waals surface area contributed by atoms with Gasteiger partial charge in [0.25, 0.3) is 0 Å². The van der Waals surface area contributed by atoms with E-state index in [9.17, 15) is 4.79 Å². The molecule has 0 aliphatic carbocycles. The number of hydrogen-bond donors (Lipinski definition) is 1. The Morgan fingerprint density at radius 2 is 1.95 bits per heavy atom. The number of anilines is 1. The first kappa shape index (κ1) is 15.5. The molecule has 1 atom stereocenters. The van der Waals surface area contributed by atoms with Crippen molar-refractivity contribution < 1.29 is 9.53 Å². The van der Waals surface area contributed by atoms with Crippen LogP contribution < -0.4 is 10.2 Å². The topological polar surface area (TPSA) is 41.6 Å². The summed E-state index contributed by atoms with van der Waals surface area (Å²) in [6.45, 7) is 2.26. The van der Waals surface area contributed by atoms with Gasteiger partial charge >= 0.3 is 5.97 Å². The van der Waals surface area contributed by atoms with Gasteiger partial charge in [-0.2, -0.15) is 0 Å². The maximum absolute atomic E-state index is 11.5. The van der Waals surface area contributed by atoms with Gasteiger partial charge in [-0.15, -0.1) is 0 Å². The Balaban J connectivity index is 2.57. The highest BCUT2D eigenvalue weighted by atomic mass is 16.5. The minimum atomic E-state index is -0.147. The summed E-state index contributed by atoms with van der Waals surface area (Å²) in [7, 11) is 5.91. The van der Waals surface area contributed by atoms with Crippen molar-refractivity contribution in [1.82, 2.24) is 5.32 Å². The van der Waals surface area contributed by atoms with Gasteiger partial charge in [0, 0.05) is 25.8 Å². The van der Waals surface area contributed by atoms with Crippen LogP contribution in [0, 0.1) is 0 Å². The highest BCUT2D eigenvalue weighted by molar-refractivity contribution is 5.70. The van der Waals surface area contributed by atoms with Crippen LogP contribution in [0.2, 0.25) is 0 Å². The molecule has 0 saturated carbocycles. The largest absolute Gasteiger partial charge is 0.466 e. The zero-order chi connectivity index (χ0) is 14.3. The average Bonchev–Trinajstić information content (AvgIpc) is 2.38. The summed E-state index contributed by atoms with van der Waals surface area (Å²) in [4.78, 5) is 13.5. The van der Waals surface area contributed by atoms with Crippen LogP contribution in [-0.4, -0.2) is 39.8 Å². The van der Waals surface area contributed by atoms with Gasteiger partial charge in [0.15, 0.2) is 0 Å². The fraction of sp³-hybridized carbons (Fsp3) is 0.533. The van der Waals surface area contributed by atoms with Crippen molar-refractivity contribution in [2.75, 3.05) is 32.6 Å². The van der Waals surface area contributed by atoms with E-state index in [4.69, 9.17) is 4.74 Å². The molecular formula is C15H24N2O2. The minimum Gasteiger partial charge on any atom is -0.466 e. The summed E-state index contributed by atoms with van der Waals surface area (Å²) in [6, 6.07) is 8.50. The smallest absolute Gasteiger partial charge is 0.307 e. The molecule has 0 fully saturated rings. The number of likely N-dealkylation sites (N-methyl/N-ethyl adjacent to an activating group) is 1. The van der Waals surface area contributed by atoms with E-state index in [1.807, 2.05) is 28.1 Å². The first-order valence-electron chi connectivity index (χ1n) is 6.66. The van der Waals surface area contributed by atoms with Crippen molar-refractivity contribution in [1.29, 1.82) is 0 Å². The lowest BCUT2D eigenvalue weighted by Gasteiger charge is -2.17. The molecule has 0 spiro atoms. The van der Waals surface area contributed by atoms with Gasteiger partial charge in [-0.05, 0) is 38.1 Å². The Morgan fingerprint density at radius 1 is 1.32 bits per heavy atom. The van der Waals surface area contributed by atoms with Crippen LogP contribution in [0.25, 0.3) is 0 Å². The highest BCUT2D eigenvalue weighted by Crippen LogP contribution is 2.14. The van der Waals surface area contributed by atoms with E-state index in [-0.39, 0.29) is 12.0 Å². The molecule has 0 aromatic heterocycles. The molecule has 1 unspecified atom stereocenters. The van der Waals surface area contributed by atoms with E-state index in [1.165, 1.54) is 11.3 Å². The molecule has 106 valence electrons. The van der Waals surface area contributed by atoms with E-state index in [1.54, 1.807) is 0 Å². The number of nitrogens with one attached hydrogen (secondary N) is 1. The highest BCUT2D eigenvalue weighted by Gasteiger charge is 2.13. The molecule has 1 rings (SSSR count). The van der Waals surface area contributed by atoms with Crippen molar-refractivity contribution in [3.05, 3.63) is 29.8 Å². The molecule has 1 aromatic carbocycles. The number of ether oxygens (including phenoxy) is 1. The minimum absolute atomic E-state index is 0.115. The lowest BCUT2D eigenvalue weighted by Crippen LogP contribution is -2.31. The van der Waals surface area contributed by atoms with Crippen molar-refractivity contribution in [3.8, 4) is 0 Å². The fourth-order valence-electron chi connectivity index (χ4n) is 1.91. The maximum atomic E-state index is 11.5. The number of carbonyl (C=O) groups is 1. The Hall–Kier alpha value is -1.55. The molecule has 1 N–H and O–H groups in total. The molecule has 0 heterocycles. The molecule has 4 nitrogen and oxygen atoms in total. The number of esters is 1. The molecule has 19 heavy (non-hydrogen) atoms. The van der Waals surface area contributed by atoms with Gasteiger partial charge in [-0.25, -0.2) is 0 Å².